The van der Waals surface area contributed by atoms with Crippen LogP contribution in [0.1, 0.15) is 46.5 Å². The van der Waals surface area contributed by atoms with Crippen molar-refractivity contribution in [2.45, 2.75) is 58.2 Å². The summed E-state index contributed by atoms with van der Waals surface area (Å²) < 4.78 is 13.3. The van der Waals surface area contributed by atoms with Crippen LogP contribution in [0.4, 0.5) is 4.39 Å². The third-order valence-corrected chi connectivity index (χ3v) is 8.62. The number of hydrogen-bond donors (Lipinski definition) is 2. The van der Waals surface area contributed by atoms with E-state index in [-0.39, 0.29) is 41.3 Å². The van der Waals surface area contributed by atoms with Crippen LogP contribution in [0, 0.1) is 34.5 Å². The molecular weight excluding hydrogens is 347 g/mol. The molecule has 3 fully saturated rings. The Hall–Kier alpha value is -1.33. The lowest BCUT2D eigenvalue weighted by Gasteiger charge is -2.59. The molecule has 2 N–H and O–H groups in total. The maximum Gasteiger partial charge on any atom is 0.196 e. The summed E-state index contributed by atoms with van der Waals surface area (Å²) in [7, 11) is 0. The van der Waals surface area contributed by atoms with Crippen molar-refractivity contribution in [3.63, 3.8) is 0 Å². The number of alkyl halides is 1. The third-order valence-electron chi connectivity index (χ3n) is 8.62. The third kappa shape index (κ3) is 2.21. The normalized spacial score (nSPS) is 51.3. The van der Waals surface area contributed by atoms with Crippen LogP contribution in [0.25, 0.3) is 0 Å². The number of aliphatic hydroxyl groups is 2. The van der Waals surface area contributed by atoms with Crippen LogP contribution in [0.5, 0.6) is 0 Å². The quantitative estimate of drug-likeness (QED) is 0.777. The Labute approximate surface area is 159 Å². The molecule has 0 aromatic rings. The van der Waals surface area contributed by atoms with Crippen LogP contribution >= 0.6 is 0 Å². The van der Waals surface area contributed by atoms with Crippen molar-refractivity contribution < 1.29 is 24.2 Å². The van der Waals surface area contributed by atoms with E-state index >= 15 is 0 Å². The molecule has 0 amide bonds. The van der Waals surface area contributed by atoms with Crippen LogP contribution < -0.4 is 0 Å². The van der Waals surface area contributed by atoms with Crippen molar-refractivity contribution in [2.24, 2.45) is 34.5 Å². The van der Waals surface area contributed by atoms with Crippen molar-refractivity contribution in [1.82, 2.24) is 0 Å². The lowest BCUT2D eigenvalue weighted by atomic mass is 9.46. The molecule has 0 saturated heterocycles. The van der Waals surface area contributed by atoms with Crippen molar-refractivity contribution in [2.75, 3.05) is 6.67 Å². The number of fused-ring (bicyclic) bond motifs is 5. The SMILES string of the molecule is C[C@@H]1C[C@H]2[C@@H]3CCC4=CC(=O)C=C[C@]4(C)[C@H]3[C@@H](O)C[C@]2(C)[C@@]1(O)C(=O)CF. The van der Waals surface area contributed by atoms with Gasteiger partial charge in [-0.1, -0.05) is 32.4 Å². The summed E-state index contributed by atoms with van der Waals surface area (Å²) in [4.78, 5) is 24.3. The van der Waals surface area contributed by atoms with E-state index in [0.717, 1.165) is 18.4 Å². The van der Waals surface area contributed by atoms with Crippen LogP contribution in [0.15, 0.2) is 23.8 Å². The summed E-state index contributed by atoms with van der Waals surface area (Å²) >= 11 is 0. The Morgan fingerprint density at radius 1 is 1.37 bits per heavy atom. The zero-order chi connectivity index (χ0) is 19.8. The lowest BCUT2D eigenvalue weighted by Crippen LogP contribution is -2.62. The number of aliphatic hydroxyl groups excluding tert-OH is 1. The van der Waals surface area contributed by atoms with Gasteiger partial charge in [-0.2, -0.15) is 0 Å². The number of rotatable bonds is 2. The van der Waals surface area contributed by atoms with Gasteiger partial charge in [-0.25, -0.2) is 4.39 Å². The molecular formula is C22H29FO4. The molecule has 0 aromatic heterocycles. The minimum absolute atomic E-state index is 0.00605. The van der Waals surface area contributed by atoms with Gasteiger partial charge >= 0.3 is 0 Å². The molecule has 0 aromatic carbocycles. The molecule has 3 saturated carbocycles. The van der Waals surface area contributed by atoms with Crippen LogP contribution in [-0.2, 0) is 9.59 Å². The summed E-state index contributed by atoms with van der Waals surface area (Å²) in [6.07, 6.45) is 7.04. The predicted molar refractivity (Wildman–Crippen MR) is 98.5 cm³/mol. The molecule has 8 atom stereocenters. The summed E-state index contributed by atoms with van der Waals surface area (Å²) in [6.45, 7) is 4.60. The Kier molecular flexibility index (Phi) is 4.11. The van der Waals surface area contributed by atoms with E-state index in [0.29, 0.717) is 6.42 Å². The van der Waals surface area contributed by atoms with E-state index in [1.165, 1.54) is 0 Å². The second kappa shape index (κ2) is 5.84. The first-order valence-electron chi connectivity index (χ1n) is 10.0. The van der Waals surface area contributed by atoms with Gasteiger partial charge in [-0.3, -0.25) is 9.59 Å². The van der Waals surface area contributed by atoms with Gasteiger partial charge in [-0.05, 0) is 55.6 Å². The van der Waals surface area contributed by atoms with Gasteiger partial charge in [0.05, 0.1) is 6.10 Å². The van der Waals surface area contributed by atoms with Gasteiger partial charge in [0, 0.05) is 16.7 Å². The zero-order valence-corrected chi connectivity index (χ0v) is 16.2. The standard InChI is InChI=1S/C22H29FO4/c1-12-8-16-15-5-4-13-9-14(24)6-7-20(13,2)19(15)17(25)10-21(16,3)22(12,27)18(26)11-23/h6-7,9,12,15-17,19,25,27H,4-5,8,10-11H2,1-3H3/t12-,15+,16+,17+,19-,20+,21+,22+/m1/s1. The number of ketones is 2. The van der Waals surface area contributed by atoms with E-state index in [9.17, 15) is 24.2 Å². The second-order valence-corrected chi connectivity index (χ2v) is 9.67. The Balaban J connectivity index is 1.78. The number of Topliss-reactive ketones (excluding diaryl/α,β-unsaturated/α-hetero) is 1. The Bertz CT molecular complexity index is 757. The number of carbonyl (C=O) groups is 2. The second-order valence-electron chi connectivity index (χ2n) is 9.67. The van der Waals surface area contributed by atoms with Gasteiger partial charge in [0.1, 0.15) is 5.60 Å². The highest BCUT2D eigenvalue weighted by Gasteiger charge is 2.70. The van der Waals surface area contributed by atoms with E-state index in [1.807, 2.05) is 19.9 Å². The van der Waals surface area contributed by atoms with E-state index in [4.69, 9.17) is 0 Å². The summed E-state index contributed by atoms with van der Waals surface area (Å²) in [5, 5.41) is 22.5. The van der Waals surface area contributed by atoms with E-state index in [1.54, 1.807) is 12.2 Å². The minimum atomic E-state index is -1.73. The van der Waals surface area contributed by atoms with Gasteiger partial charge in [0.25, 0.3) is 0 Å². The van der Waals surface area contributed by atoms with Crippen LogP contribution in [0.3, 0.4) is 0 Å². The molecule has 0 heterocycles. The maximum atomic E-state index is 13.3. The van der Waals surface area contributed by atoms with Crippen LogP contribution in [0.2, 0.25) is 0 Å². The van der Waals surface area contributed by atoms with Crippen molar-refractivity contribution in [1.29, 1.82) is 0 Å². The van der Waals surface area contributed by atoms with Gasteiger partial charge in [-0.15, -0.1) is 0 Å². The topological polar surface area (TPSA) is 74.6 Å². The molecule has 4 nitrogen and oxygen atoms in total. The lowest BCUT2D eigenvalue weighted by molar-refractivity contribution is -0.182. The minimum Gasteiger partial charge on any atom is -0.393 e. The fourth-order valence-electron chi connectivity index (χ4n) is 7.36. The summed E-state index contributed by atoms with van der Waals surface area (Å²) in [5.74, 6) is -0.983. The highest BCUT2D eigenvalue weighted by molar-refractivity contribution is 6.01. The average molecular weight is 376 g/mol. The number of carbonyl (C=O) groups excluding carboxylic acids is 2. The van der Waals surface area contributed by atoms with Crippen molar-refractivity contribution in [3.8, 4) is 0 Å². The predicted octanol–water partition coefficient (Wildman–Crippen LogP) is 2.78. The molecule has 27 heavy (non-hydrogen) atoms. The first-order chi connectivity index (χ1) is 12.6. The largest absolute Gasteiger partial charge is 0.393 e. The van der Waals surface area contributed by atoms with Gasteiger partial charge < -0.3 is 10.2 Å². The fraction of sp³-hybridized carbons (Fsp3) is 0.727. The number of allylic oxidation sites excluding steroid dienone is 4. The first-order valence-corrected chi connectivity index (χ1v) is 10.0. The molecule has 0 radical (unpaired) electrons. The molecule has 0 bridgehead atoms. The molecule has 4 aliphatic carbocycles. The van der Waals surface area contributed by atoms with E-state index in [2.05, 4.69) is 6.92 Å². The molecule has 0 spiro atoms. The average Bonchev–Trinajstić information content (AvgIpc) is 2.82. The molecule has 5 heteroatoms. The van der Waals surface area contributed by atoms with Crippen molar-refractivity contribution >= 4 is 11.6 Å². The first kappa shape index (κ1) is 19.0. The number of hydrogen-bond acceptors (Lipinski definition) is 4. The Morgan fingerprint density at radius 2 is 2.07 bits per heavy atom. The highest BCUT2D eigenvalue weighted by Crippen LogP contribution is 2.68. The maximum absolute atomic E-state index is 13.3. The molecule has 4 aliphatic rings. The zero-order valence-electron chi connectivity index (χ0n) is 16.2. The highest BCUT2D eigenvalue weighted by atomic mass is 19.1. The fourth-order valence-corrected chi connectivity index (χ4v) is 7.36. The van der Waals surface area contributed by atoms with Crippen LogP contribution in [-0.4, -0.2) is 40.2 Å². The van der Waals surface area contributed by atoms with Gasteiger partial charge in [0.15, 0.2) is 18.2 Å². The smallest absolute Gasteiger partial charge is 0.196 e. The van der Waals surface area contributed by atoms with Crippen molar-refractivity contribution in [3.05, 3.63) is 23.8 Å². The molecule has 0 unspecified atom stereocenters. The molecule has 0 aliphatic heterocycles. The Morgan fingerprint density at radius 3 is 2.74 bits per heavy atom. The summed E-state index contributed by atoms with van der Waals surface area (Å²) in [5.41, 5.74) is -1.87. The molecule has 4 rings (SSSR count). The summed E-state index contributed by atoms with van der Waals surface area (Å²) in [6, 6.07) is 0. The monoisotopic (exact) mass is 376 g/mol. The molecule has 148 valence electrons. The van der Waals surface area contributed by atoms with Gasteiger partial charge in [0.2, 0.25) is 0 Å². The van der Waals surface area contributed by atoms with E-state index < -0.39 is 29.6 Å². The number of halogens is 1.